The van der Waals surface area contributed by atoms with Crippen molar-refractivity contribution < 1.29 is 25.6 Å². The number of benzene rings is 1. The zero-order valence-electron chi connectivity index (χ0n) is 11.8. The topological polar surface area (TPSA) is 87.5 Å². The summed E-state index contributed by atoms with van der Waals surface area (Å²) in [5.74, 6) is -2.81. The van der Waals surface area contributed by atoms with Crippen LogP contribution in [0, 0.1) is 5.82 Å². The Morgan fingerprint density at radius 2 is 2.05 bits per heavy atom. The van der Waals surface area contributed by atoms with Gasteiger partial charge in [0.2, 0.25) is 0 Å². The lowest BCUT2D eigenvalue weighted by Crippen LogP contribution is -2.06. The van der Waals surface area contributed by atoms with Crippen molar-refractivity contribution in [2.24, 2.45) is 0 Å². The summed E-state index contributed by atoms with van der Waals surface area (Å²) in [5, 5.41) is 18.4. The largest absolute Gasteiger partial charge is 0.506 e. The molecule has 0 radical (unpaired) electrons. The fourth-order valence-corrected chi connectivity index (χ4v) is 1.78. The fourth-order valence-electron chi connectivity index (χ4n) is 1.78. The summed E-state index contributed by atoms with van der Waals surface area (Å²) >= 11 is 0. The van der Waals surface area contributed by atoms with Gasteiger partial charge in [-0.2, -0.15) is 0 Å². The maximum atomic E-state index is 13.4. The van der Waals surface area contributed by atoms with Crippen molar-refractivity contribution in [3.63, 3.8) is 0 Å². The second-order valence-electron chi connectivity index (χ2n) is 4.33. The summed E-state index contributed by atoms with van der Waals surface area (Å²) in [6, 6.07) is 4.90. The number of carbonyl (C=O) groups is 2. The molecule has 0 saturated carbocycles. The van der Waals surface area contributed by atoms with Gasteiger partial charge in [-0.3, -0.25) is 9.59 Å². The van der Waals surface area contributed by atoms with Gasteiger partial charge >= 0.3 is 5.97 Å². The Hall–Kier alpha value is -2.76. The predicted octanol–water partition coefficient (Wildman–Crippen LogP) is 2.64. The number of ketones is 1. The number of carbonyl (C=O) groups excluding carboxylic acids is 1. The lowest BCUT2D eigenvalue weighted by atomic mass is 10.1. The van der Waals surface area contributed by atoms with E-state index in [1.807, 2.05) is 0 Å². The van der Waals surface area contributed by atoms with Crippen LogP contribution < -0.4 is 0 Å². The summed E-state index contributed by atoms with van der Waals surface area (Å²) in [6.07, 6.45) is 0.668. The Morgan fingerprint density at radius 1 is 1.29 bits per heavy atom. The number of rotatable bonds is 5. The SMILES string of the molecule is [2H]c1ccc(-c2cnc(C(=O)CCC(=O)O)c(O)c2)cc1F. The Kier molecular flexibility index (Phi) is 3.86. The lowest BCUT2D eigenvalue weighted by molar-refractivity contribution is -0.136. The number of aromatic nitrogens is 1. The van der Waals surface area contributed by atoms with Gasteiger partial charge in [0.15, 0.2) is 5.78 Å². The first-order valence-corrected chi connectivity index (χ1v) is 6.09. The average Bonchev–Trinajstić information content (AvgIpc) is 2.47. The van der Waals surface area contributed by atoms with E-state index in [9.17, 15) is 19.1 Å². The molecule has 0 aliphatic heterocycles. The molecule has 6 heteroatoms. The van der Waals surface area contributed by atoms with Gasteiger partial charge in [0.1, 0.15) is 17.3 Å². The first kappa shape index (κ1) is 13.2. The molecule has 1 aromatic heterocycles. The molecule has 108 valence electrons. The van der Waals surface area contributed by atoms with Crippen LogP contribution in [0.5, 0.6) is 5.75 Å². The van der Waals surface area contributed by atoms with Gasteiger partial charge < -0.3 is 10.2 Å². The smallest absolute Gasteiger partial charge is 0.303 e. The van der Waals surface area contributed by atoms with Gasteiger partial charge in [-0.05, 0) is 23.7 Å². The number of carboxylic acids is 1. The molecule has 0 aliphatic carbocycles. The maximum Gasteiger partial charge on any atom is 0.303 e. The van der Waals surface area contributed by atoms with Crippen LogP contribution in [-0.4, -0.2) is 26.9 Å². The molecular formula is C15H12FNO4. The van der Waals surface area contributed by atoms with E-state index in [1.54, 1.807) is 0 Å². The molecule has 0 spiro atoms. The van der Waals surface area contributed by atoms with Crippen molar-refractivity contribution in [2.45, 2.75) is 12.8 Å². The number of Topliss-reactive ketones (excluding diaryl/α,β-unsaturated/α-hetero) is 1. The number of hydrogen-bond donors (Lipinski definition) is 2. The standard InChI is InChI=1S/C15H12FNO4/c16-11-3-1-2-9(6-11)10-7-13(19)15(17-8-10)12(18)4-5-14(20)21/h1-3,6-8,19H,4-5H2,(H,20,21)/i3D. The van der Waals surface area contributed by atoms with Gasteiger partial charge in [0.25, 0.3) is 0 Å². The van der Waals surface area contributed by atoms with Crippen LogP contribution in [0.3, 0.4) is 0 Å². The molecule has 0 saturated heterocycles. The third kappa shape index (κ3) is 3.62. The van der Waals surface area contributed by atoms with Gasteiger partial charge in [-0.1, -0.05) is 12.1 Å². The van der Waals surface area contributed by atoms with Crippen molar-refractivity contribution in [2.75, 3.05) is 0 Å². The highest BCUT2D eigenvalue weighted by molar-refractivity contribution is 5.98. The van der Waals surface area contributed by atoms with E-state index in [0.29, 0.717) is 11.1 Å². The highest BCUT2D eigenvalue weighted by atomic mass is 19.1. The zero-order chi connectivity index (χ0) is 16.3. The van der Waals surface area contributed by atoms with E-state index in [2.05, 4.69) is 4.98 Å². The molecule has 0 amide bonds. The predicted molar refractivity (Wildman–Crippen MR) is 72.5 cm³/mol. The number of carboxylic acid groups (broad SMARTS) is 1. The molecule has 0 atom stereocenters. The molecule has 2 N–H and O–H groups in total. The van der Waals surface area contributed by atoms with Gasteiger partial charge in [0.05, 0.1) is 7.79 Å². The van der Waals surface area contributed by atoms with E-state index in [1.165, 1.54) is 24.4 Å². The van der Waals surface area contributed by atoms with Crippen LogP contribution in [-0.2, 0) is 4.79 Å². The minimum atomic E-state index is -1.12. The van der Waals surface area contributed by atoms with E-state index < -0.39 is 23.3 Å². The van der Waals surface area contributed by atoms with E-state index >= 15 is 0 Å². The zero-order valence-corrected chi connectivity index (χ0v) is 10.8. The van der Waals surface area contributed by atoms with Gasteiger partial charge in [-0.15, -0.1) is 0 Å². The van der Waals surface area contributed by atoms with Crippen molar-refractivity contribution in [3.05, 3.63) is 48.0 Å². The first-order valence-electron chi connectivity index (χ1n) is 6.59. The van der Waals surface area contributed by atoms with Crippen LogP contribution in [0.15, 0.2) is 36.5 Å². The molecule has 1 aromatic carbocycles. The van der Waals surface area contributed by atoms with Crippen LogP contribution in [0.1, 0.15) is 24.7 Å². The highest BCUT2D eigenvalue weighted by Gasteiger charge is 2.15. The first-order chi connectivity index (χ1) is 10.4. The van der Waals surface area contributed by atoms with Crippen LogP contribution in [0.4, 0.5) is 4.39 Å². The van der Waals surface area contributed by atoms with E-state index in [0.717, 1.165) is 6.07 Å². The molecule has 1 heterocycles. The molecular weight excluding hydrogens is 277 g/mol. The minimum absolute atomic E-state index is 0.220. The summed E-state index contributed by atoms with van der Waals surface area (Å²) in [4.78, 5) is 26.0. The van der Waals surface area contributed by atoms with E-state index in [4.69, 9.17) is 6.48 Å². The summed E-state index contributed by atoms with van der Waals surface area (Å²) in [7, 11) is 0. The summed E-state index contributed by atoms with van der Waals surface area (Å²) < 4.78 is 20.6. The molecule has 0 aliphatic rings. The maximum absolute atomic E-state index is 13.4. The number of halogens is 1. The van der Waals surface area contributed by atoms with Crippen molar-refractivity contribution in [1.82, 2.24) is 4.98 Å². The van der Waals surface area contributed by atoms with Gasteiger partial charge in [0, 0.05) is 18.2 Å². The molecule has 0 unspecified atom stereocenters. The van der Waals surface area contributed by atoms with Gasteiger partial charge in [-0.25, -0.2) is 9.37 Å². The minimum Gasteiger partial charge on any atom is -0.506 e. The van der Waals surface area contributed by atoms with Crippen molar-refractivity contribution >= 4 is 11.8 Å². The third-order valence-electron chi connectivity index (χ3n) is 2.80. The number of hydrogen-bond acceptors (Lipinski definition) is 4. The van der Waals surface area contributed by atoms with Crippen molar-refractivity contribution in [1.29, 1.82) is 0 Å². The molecule has 0 fully saturated rings. The number of nitrogens with zero attached hydrogens (tertiary/aromatic N) is 1. The third-order valence-corrected chi connectivity index (χ3v) is 2.80. The Morgan fingerprint density at radius 3 is 2.67 bits per heavy atom. The number of aliphatic carboxylic acids is 1. The van der Waals surface area contributed by atoms with Crippen LogP contribution in [0.2, 0.25) is 0 Å². The fraction of sp³-hybridized carbons (Fsp3) is 0.133. The quantitative estimate of drug-likeness (QED) is 0.826. The Bertz CT molecular complexity index is 748. The summed E-state index contributed by atoms with van der Waals surface area (Å²) in [5.41, 5.74) is 0.564. The monoisotopic (exact) mass is 290 g/mol. The number of aromatic hydroxyl groups is 1. The second-order valence-corrected chi connectivity index (χ2v) is 4.33. The normalized spacial score (nSPS) is 11.0. The Labute approximate surface area is 121 Å². The molecule has 21 heavy (non-hydrogen) atoms. The van der Waals surface area contributed by atoms with Crippen LogP contribution >= 0.6 is 0 Å². The average molecular weight is 290 g/mol. The van der Waals surface area contributed by atoms with Crippen molar-refractivity contribution in [3.8, 4) is 16.9 Å². The molecule has 2 aromatic rings. The lowest BCUT2D eigenvalue weighted by Gasteiger charge is -2.06. The molecule has 0 bridgehead atoms. The molecule has 2 rings (SSSR count). The highest BCUT2D eigenvalue weighted by Crippen LogP contribution is 2.26. The number of pyridine rings is 1. The Balaban J connectivity index is 2.27. The van der Waals surface area contributed by atoms with E-state index in [-0.39, 0.29) is 24.6 Å². The molecule has 5 nitrogen and oxygen atoms in total. The van der Waals surface area contributed by atoms with Crippen LogP contribution in [0.25, 0.3) is 11.1 Å². The summed E-state index contributed by atoms with van der Waals surface area (Å²) in [6.45, 7) is 0. The second kappa shape index (κ2) is 6.13.